The third-order valence-corrected chi connectivity index (χ3v) is 5.05. The van der Waals surface area contributed by atoms with E-state index in [1.54, 1.807) is 16.8 Å². The van der Waals surface area contributed by atoms with Gasteiger partial charge in [0.2, 0.25) is 0 Å². The van der Waals surface area contributed by atoms with Gasteiger partial charge in [0, 0.05) is 50.2 Å². The SMILES string of the molecule is Cc1nn(C)c(C)c1CNCc1ccc(N2CCOCC2)cc1C(F)(F)F. The highest BCUT2D eigenvalue weighted by Crippen LogP contribution is 2.35. The van der Waals surface area contributed by atoms with Crippen LogP contribution in [0, 0.1) is 13.8 Å². The minimum atomic E-state index is -4.39. The van der Waals surface area contributed by atoms with Crippen LogP contribution >= 0.6 is 0 Å². The van der Waals surface area contributed by atoms with Gasteiger partial charge in [-0.05, 0) is 31.5 Å². The van der Waals surface area contributed by atoms with E-state index in [0.717, 1.165) is 17.0 Å². The molecule has 3 rings (SSSR count). The molecule has 1 aromatic carbocycles. The Hall–Kier alpha value is -2.06. The minimum Gasteiger partial charge on any atom is -0.378 e. The number of alkyl halides is 3. The molecule has 0 saturated carbocycles. The molecule has 8 heteroatoms. The summed E-state index contributed by atoms with van der Waals surface area (Å²) in [7, 11) is 1.86. The van der Waals surface area contributed by atoms with Crippen LogP contribution in [0.15, 0.2) is 18.2 Å². The summed E-state index contributed by atoms with van der Waals surface area (Å²) in [5.74, 6) is 0. The Kier molecular flexibility index (Phi) is 5.76. The molecule has 27 heavy (non-hydrogen) atoms. The zero-order chi connectivity index (χ0) is 19.6. The van der Waals surface area contributed by atoms with Gasteiger partial charge < -0.3 is 15.0 Å². The van der Waals surface area contributed by atoms with Crippen LogP contribution in [0.4, 0.5) is 18.9 Å². The van der Waals surface area contributed by atoms with Crippen molar-refractivity contribution in [1.82, 2.24) is 15.1 Å². The lowest BCUT2D eigenvalue weighted by Crippen LogP contribution is -2.36. The molecule has 1 saturated heterocycles. The van der Waals surface area contributed by atoms with E-state index in [4.69, 9.17) is 4.74 Å². The largest absolute Gasteiger partial charge is 0.416 e. The van der Waals surface area contributed by atoms with Crippen molar-refractivity contribution in [2.45, 2.75) is 33.1 Å². The van der Waals surface area contributed by atoms with E-state index in [-0.39, 0.29) is 12.1 Å². The highest BCUT2D eigenvalue weighted by atomic mass is 19.4. The third kappa shape index (κ3) is 4.44. The standard InChI is InChI=1S/C19H25F3N4O/c1-13-17(14(2)25(3)24-13)12-23-11-15-4-5-16(10-18(15)19(20,21)22)26-6-8-27-9-7-26/h4-5,10,23H,6-9,11-12H2,1-3H3. The molecule has 0 bridgehead atoms. The molecule has 0 radical (unpaired) electrons. The van der Waals surface area contributed by atoms with Gasteiger partial charge in [0.05, 0.1) is 24.5 Å². The second kappa shape index (κ2) is 7.90. The van der Waals surface area contributed by atoms with E-state index < -0.39 is 11.7 Å². The Labute approximate surface area is 157 Å². The Morgan fingerprint density at radius 1 is 1.15 bits per heavy atom. The van der Waals surface area contributed by atoms with Crippen LogP contribution < -0.4 is 10.2 Å². The lowest BCUT2D eigenvalue weighted by Gasteiger charge is -2.29. The summed E-state index contributed by atoms with van der Waals surface area (Å²) < 4.78 is 47.8. The summed E-state index contributed by atoms with van der Waals surface area (Å²) in [5, 5.41) is 7.47. The van der Waals surface area contributed by atoms with E-state index >= 15 is 0 Å². The van der Waals surface area contributed by atoms with Gasteiger partial charge in [0.15, 0.2) is 0 Å². The Morgan fingerprint density at radius 2 is 1.85 bits per heavy atom. The number of nitrogens with zero attached hydrogens (tertiary/aromatic N) is 3. The molecule has 2 heterocycles. The van der Waals surface area contributed by atoms with Gasteiger partial charge >= 0.3 is 6.18 Å². The molecule has 0 amide bonds. The van der Waals surface area contributed by atoms with Gasteiger partial charge in [-0.1, -0.05) is 6.07 Å². The predicted molar refractivity (Wildman–Crippen MR) is 97.7 cm³/mol. The van der Waals surface area contributed by atoms with E-state index in [1.807, 2.05) is 25.8 Å². The quantitative estimate of drug-likeness (QED) is 0.863. The van der Waals surface area contributed by atoms with Crippen molar-refractivity contribution in [1.29, 1.82) is 0 Å². The fraction of sp³-hybridized carbons (Fsp3) is 0.526. The van der Waals surface area contributed by atoms with Gasteiger partial charge in [0.1, 0.15) is 0 Å². The first kappa shape index (κ1) is 19.7. The van der Waals surface area contributed by atoms with E-state index in [0.29, 0.717) is 38.5 Å². The lowest BCUT2D eigenvalue weighted by atomic mass is 10.0. The number of anilines is 1. The number of aryl methyl sites for hydroxylation is 2. The molecular formula is C19H25F3N4O. The van der Waals surface area contributed by atoms with Gasteiger partial charge in [0.25, 0.3) is 0 Å². The van der Waals surface area contributed by atoms with Crippen LogP contribution in [-0.4, -0.2) is 36.1 Å². The van der Waals surface area contributed by atoms with Crippen molar-refractivity contribution in [2.24, 2.45) is 7.05 Å². The van der Waals surface area contributed by atoms with Crippen LogP contribution in [0.25, 0.3) is 0 Å². The number of rotatable bonds is 5. The molecule has 2 aromatic rings. The van der Waals surface area contributed by atoms with E-state index in [9.17, 15) is 13.2 Å². The van der Waals surface area contributed by atoms with Crippen LogP contribution in [0.5, 0.6) is 0 Å². The van der Waals surface area contributed by atoms with Crippen LogP contribution in [0.3, 0.4) is 0 Å². The maximum atomic E-state index is 13.6. The number of aromatic nitrogens is 2. The number of morpholine rings is 1. The van der Waals surface area contributed by atoms with Crippen LogP contribution in [0.1, 0.15) is 28.1 Å². The van der Waals surface area contributed by atoms with Crippen molar-refractivity contribution in [3.05, 3.63) is 46.3 Å². The highest BCUT2D eigenvalue weighted by molar-refractivity contribution is 5.52. The summed E-state index contributed by atoms with van der Waals surface area (Å²) in [6.07, 6.45) is -4.39. The first-order valence-corrected chi connectivity index (χ1v) is 9.00. The topological polar surface area (TPSA) is 42.3 Å². The maximum Gasteiger partial charge on any atom is 0.416 e. The fourth-order valence-corrected chi connectivity index (χ4v) is 3.40. The average molecular weight is 382 g/mol. The molecular weight excluding hydrogens is 357 g/mol. The minimum absolute atomic E-state index is 0.145. The highest BCUT2D eigenvalue weighted by Gasteiger charge is 2.34. The molecule has 1 aliphatic rings. The number of hydrogen-bond donors (Lipinski definition) is 1. The predicted octanol–water partition coefficient (Wildman–Crippen LogP) is 3.18. The number of nitrogens with one attached hydrogen (secondary N) is 1. The van der Waals surface area contributed by atoms with Crippen LogP contribution in [-0.2, 0) is 31.1 Å². The second-order valence-electron chi connectivity index (χ2n) is 6.82. The molecule has 0 spiro atoms. The molecule has 1 fully saturated rings. The number of benzene rings is 1. The smallest absolute Gasteiger partial charge is 0.378 e. The molecule has 0 unspecified atom stereocenters. The molecule has 0 aliphatic carbocycles. The summed E-state index contributed by atoms with van der Waals surface area (Å²) >= 11 is 0. The zero-order valence-electron chi connectivity index (χ0n) is 15.9. The van der Waals surface area contributed by atoms with Gasteiger partial charge in [-0.3, -0.25) is 4.68 Å². The van der Waals surface area contributed by atoms with Crippen molar-refractivity contribution < 1.29 is 17.9 Å². The molecule has 1 aromatic heterocycles. The van der Waals surface area contributed by atoms with Crippen molar-refractivity contribution >= 4 is 5.69 Å². The number of ether oxygens (including phenoxy) is 1. The summed E-state index contributed by atoms with van der Waals surface area (Å²) in [6, 6.07) is 4.59. The normalized spacial score (nSPS) is 15.4. The summed E-state index contributed by atoms with van der Waals surface area (Å²) in [5.41, 5.74) is 3.18. The van der Waals surface area contributed by atoms with E-state index in [1.165, 1.54) is 6.07 Å². The molecule has 1 N–H and O–H groups in total. The Morgan fingerprint density at radius 3 is 2.44 bits per heavy atom. The molecule has 0 atom stereocenters. The summed E-state index contributed by atoms with van der Waals surface area (Å²) in [6.45, 7) is 6.77. The summed E-state index contributed by atoms with van der Waals surface area (Å²) in [4.78, 5) is 1.93. The molecule has 148 valence electrons. The van der Waals surface area contributed by atoms with Gasteiger partial charge in [-0.2, -0.15) is 18.3 Å². The molecule has 1 aliphatic heterocycles. The lowest BCUT2D eigenvalue weighted by molar-refractivity contribution is -0.138. The first-order chi connectivity index (χ1) is 12.8. The monoisotopic (exact) mass is 382 g/mol. The maximum absolute atomic E-state index is 13.6. The second-order valence-corrected chi connectivity index (χ2v) is 6.82. The van der Waals surface area contributed by atoms with Gasteiger partial charge in [-0.15, -0.1) is 0 Å². The van der Waals surface area contributed by atoms with Crippen molar-refractivity contribution in [3.63, 3.8) is 0 Å². The molecule has 5 nitrogen and oxygen atoms in total. The Balaban J connectivity index is 1.75. The first-order valence-electron chi connectivity index (χ1n) is 9.00. The average Bonchev–Trinajstić information content (AvgIpc) is 2.88. The van der Waals surface area contributed by atoms with E-state index in [2.05, 4.69) is 10.4 Å². The van der Waals surface area contributed by atoms with Crippen molar-refractivity contribution in [3.8, 4) is 0 Å². The van der Waals surface area contributed by atoms with Gasteiger partial charge in [-0.25, -0.2) is 0 Å². The van der Waals surface area contributed by atoms with Crippen molar-refractivity contribution in [2.75, 3.05) is 31.2 Å². The fourth-order valence-electron chi connectivity index (χ4n) is 3.40. The Bertz CT molecular complexity index is 795. The third-order valence-electron chi connectivity index (χ3n) is 5.05. The number of hydrogen-bond acceptors (Lipinski definition) is 4. The zero-order valence-corrected chi connectivity index (χ0v) is 15.9. The van der Waals surface area contributed by atoms with Crippen LogP contribution in [0.2, 0.25) is 0 Å². The number of halogens is 3.